The van der Waals surface area contributed by atoms with Gasteiger partial charge in [0.1, 0.15) is 25.4 Å². The normalized spacial score (nSPS) is 17.4. The smallest absolute Gasteiger partial charge is 0.378 e. The number of hydrogen-bond acceptors (Lipinski definition) is 9. The number of unbranched alkanes of at least 4 members (excludes halogenated alkanes) is 11. The Morgan fingerprint density at radius 2 is 1.42 bits per heavy atom. The molecule has 0 aromatic rings. The van der Waals surface area contributed by atoms with Crippen LogP contribution in [0.1, 0.15) is 104 Å². The van der Waals surface area contributed by atoms with Crippen molar-refractivity contribution in [2.45, 2.75) is 122 Å². The Morgan fingerprint density at radius 1 is 0.889 bits per heavy atom. The van der Waals surface area contributed by atoms with Crippen LogP contribution < -0.4 is 0 Å². The third kappa shape index (κ3) is 14.0. The average molecular weight is 517 g/mol. The van der Waals surface area contributed by atoms with Gasteiger partial charge in [-0.2, -0.15) is 0 Å². The SMILES string of the molecule is CC(C)CCCCCCCCCCCCCCC(=O)OC[C@H](O)[C@H]1OC(=O)C(OCC(O)CO)=C1O. The van der Waals surface area contributed by atoms with E-state index in [1.807, 2.05) is 0 Å². The van der Waals surface area contributed by atoms with Crippen LogP contribution in [0.4, 0.5) is 0 Å². The van der Waals surface area contributed by atoms with Crippen LogP contribution in [0.15, 0.2) is 11.5 Å². The second-order valence-corrected chi connectivity index (χ2v) is 10.1. The molecule has 9 nitrogen and oxygen atoms in total. The second-order valence-electron chi connectivity index (χ2n) is 10.1. The summed E-state index contributed by atoms with van der Waals surface area (Å²) in [5.41, 5.74) is 0. The molecule has 0 saturated carbocycles. The van der Waals surface area contributed by atoms with Crippen LogP contribution in [0.5, 0.6) is 0 Å². The monoisotopic (exact) mass is 516 g/mol. The van der Waals surface area contributed by atoms with E-state index < -0.39 is 61.6 Å². The van der Waals surface area contributed by atoms with Crippen molar-refractivity contribution in [3.63, 3.8) is 0 Å². The van der Waals surface area contributed by atoms with Crippen molar-refractivity contribution < 1.29 is 44.2 Å². The molecule has 0 saturated heterocycles. The fourth-order valence-corrected chi connectivity index (χ4v) is 4.01. The van der Waals surface area contributed by atoms with Crippen molar-refractivity contribution in [1.29, 1.82) is 0 Å². The third-order valence-electron chi connectivity index (χ3n) is 6.23. The summed E-state index contributed by atoms with van der Waals surface area (Å²) in [7, 11) is 0. The summed E-state index contributed by atoms with van der Waals surface area (Å²) < 4.78 is 14.9. The van der Waals surface area contributed by atoms with Gasteiger partial charge in [0.05, 0.1) is 6.61 Å². The maximum atomic E-state index is 11.9. The predicted octanol–water partition coefficient (Wildman–Crippen LogP) is 4.07. The average Bonchev–Trinajstić information content (AvgIpc) is 3.13. The number of cyclic esters (lactones) is 1. The summed E-state index contributed by atoms with van der Waals surface area (Å²) in [6, 6.07) is 0. The van der Waals surface area contributed by atoms with Gasteiger partial charge in [0.2, 0.25) is 5.76 Å². The molecular formula is C27H48O9. The Morgan fingerprint density at radius 3 is 1.94 bits per heavy atom. The number of aliphatic hydroxyl groups is 4. The summed E-state index contributed by atoms with van der Waals surface area (Å²) in [5.74, 6) is -1.84. The van der Waals surface area contributed by atoms with Gasteiger partial charge in [0.25, 0.3) is 0 Å². The first-order valence-corrected chi connectivity index (χ1v) is 13.7. The Hall–Kier alpha value is -1.84. The molecule has 0 aromatic carbocycles. The molecule has 0 aliphatic carbocycles. The van der Waals surface area contributed by atoms with Gasteiger partial charge in [-0.15, -0.1) is 0 Å². The standard InChI is InChI=1S/C27H48O9/c1-20(2)15-13-11-9-7-5-3-4-6-8-10-12-14-16-23(31)34-19-22(30)25-24(32)26(27(33)36-25)35-18-21(29)17-28/h20-22,25,28-30,32H,3-19H2,1-2H3/t21?,22-,25+/m0/s1. The van der Waals surface area contributed by atoms with Crippen LogP contribution in [-0.4, -0.2) is 70.5 Å². The number of rotatable bonds is 22. The Kier molecular flexibility index (Phi) is 17.3. The highest BCUT2D eigenvalue weighted by Crippen LogP contribution is 2.24. The number of ether oxygens (including phenoxy) is 3. The van der Waals surface area contributed by atoms with E-state index in [0.717, 1.165) is 18.8 Å². The van der Waals surface area contributed by atoms with Gasteiger partial charge in [-0.25, -0.2) is 4.79 Å². The van der Waals surface area contributed by atoms with Crippen LogP contribution in [0.25, 0.3) is 0 Å². The van der Waals surface area contributed by atoms with Gasteiger partial charge in [0, 0.05) is 6.42 Å². The maximum absolute atomic E-state index is 11.9. The van der Waals surface area contributed by atoms with Gasteiger partial charge in [0.15, 0.2) is 11.9 Å². The van der Waals surface area contributed by atoms with Crippen LogP contribution in [0.3, 0.4) is 0 Å². The zero-order valence-corrected chi connectivity index (χ0v) is 22.2. The molecular weight excluding hydrogens is 468 g/mol. The fourth-order valence-electron chi connectivity index (χ4n) is 4.01. The Bertz CT molecular complexity index is 647. The first-order chi connectivity index (χ1) is 17.3. The summed E-state index contributed by atoms with van der Waals surface area (Å²) in [5, 5.41) is 38.2. The lowest BCUT2D eigenvalue weighted by Gasteiger charge is -2.17. The minimum absolute atomic E-state index is 0.239. The molecule has 1 heterocycles. The number of esters is 2. The number of aliphatic hydroxyl groups excluding tert-OH is 4. The van der Waals surface area contributed by atoms with Crippen LogP contribution in [0, 0.1) is 5.92 Å². The highest BCUT2D eigenvalue weighted by atomic mass is 16.6. The van der Waals surface area contributed by atoms with Crippen LogP contribution >= 0.6 is 0 Å². The Labute approximate surface area is 215 Å². The molecule has 1 unspecified atom stereocenters. The number of carbonyl (C=O) groups excluding carboxylic acids is 2. The molecule has 1 rings (SSSR count). The lowest BCUT2D eigenvalue weighted by Crippen LogP contribution is -2.33. The molecule has 4 N–H and O–H groups in total. The summed E-state index contributed by atoms with van der Waals surface area (Å²) in [6.07, 6.45) is 11.9. The molecule has 0 spiro atoms. The second kappa shape index (κ2) is 19.3. The van der Waals surface area contributed by atoms with E-state index in [1.54, 1.807) is 0 Å². The molecule has 210 valence electrons. The molecule has 0 aromatic heterocycles. The maximum Gasteiger partial charge on any atom is 0.378 e. The molecule has 36 heavy (non-hydrogen) atoms. The Balaban J connectivity index is 2.04. The minimum atomic E-state index is -1.46. The van der Waals surface area contributed by atoms with Gasteiger partial charge in [-0.3, -0.25) is 4.79 Å². The third-order valence-corrected chi connectivity index (χ3v) is 6.23. The van der Waals surface area contributed by atoms with E-state index in [1.165, 1.54) is 64.2 Å². The molecule has 3 atom stereocenters. The molecule has 0 fully saturated rings. The molecule has 9 heteroatoms. The summed E-state index contributed by atoms with van der Waals surface area (Å²) in [6.45, 7) is 3.12. The number of hydrogen-bond donors (Lipinski definition) is 4. The zero-order valence-electron chi connectivity index (χ0n) is 22.2. The largest absolute Gasteiger partial charge is 0.505 e. The minimum Gasteiger partial charge on any atom is -0.505 e. The molecule has 1 aliphatic rings. The molecule has 0 amide bonds. The molecule has 1 aliphatic heterocycles. The summed E-state index contributed by atoms with van der Waals surface area (Å²) >= 11 is 0. The lowest BCUT2D eigenvalue weighted by molar-refractivity contribution is -0.155. The van der Waals surface area contributed by atoms with Crippen molar-refractivity contribution >= 4 is 11.9 Å². The number of carbonyl (C=O) groups is 2. The quantitative estimate of drug-likeness (QED) is 0.124. The van der Waals surface area contributed by atoms with Crippen LogP contribution in [0.2, 0.25) is 0 Å². The molecule has 0 radical (unpaired) electrons. The first-order valence-electron chi connectivity index (χ1n) is 13.7. The zero-order chi connectivity index (χ0) is 26.8. The van der Waals surface area contributed by atoms with E-state index in [0.29, 0.717) is 6.42 Å². The first kappa shape index (κ1) is 32.2. The van der Waals surface area contributed by atoms with Crippen molar-refractivity contribution in [2.24, 2.45) is 5.92 Å². The summed E-state index contributed by atoms with van der Waals surface area (Å²) in [4.78, 5) is 23.7. The van der Waals surface area contributed by atoms with Gasteiger partial charge in [-0.05, 0) is 12.3 Å². The van der Waals surface area contributed by atoms with E-state index in [4.69, 9.17) is 19.3 Å². The highest BCUT2D eigenvalue weighted by molar-refractivity contribution is 5.89. The van der Waals surface area contributed by atoms with E-state index >= 15 is 0 Å². The van der Waals surface area contributed by atoms with Crippen molar-refractivity contribution in [3.05, 3.63) is 11.5 Å². The molecule has 0 bridgehead atoms. The van der Waals surface area contributed by atoms with E-state index in [-0.39, 0.29) is 6.42 Å². The van der Waals surface area contributed by atoms with Gasteiger partial charge < -0.3 is 34.6 Å². The van der Waals surface area contributed by atoms with Gasteiger partial charge in [-0.1, -0.05) is 90.9 Å². The highest BCUT2D eigenvalue weighted by Gasteiger charge is 2.41. The lowest BCUT2D eigenvalue weighted by atomic mass is 10.0. The topological polar surface area (TPSA) is 143 Å². The van der Waals surface area contributed by atoms with E-state index in [9.17, 15) is 24.9 Å². The van der Waals surface area contributed by atoms with Crippen molar-refractivity contribution in [1.82, 2.24) is 0 Å². The van der Waals surface area contributed by atoms with Gasteiger partial charge >= 0.3 is 11.9 Å². The van der Waals surface area contributed by atoms with Crippen LogP contribution in [-0.2, 0) is 23.8 Å². The van der Waals surface area contributed by atoms with E-state index in [2.05, 4.69) is 13.8 Å². The fraction of sp³-hybridized carbons (Fsp3) is 0.852. The predicted molar refractivity (Wildman–Crippen MR) is 135 cm³/mol. The van der Waals surface area contributed by atoms with Crippen molar-refractivity contribution in [2.75, 3.05) is 19.8 Å². The van der Waals surface area contributed by atoms with Crippen molar-refractivity contribution in [3.8, 4) is 0 Å².